The van der Waals surface area contributed by atoms with Gasteiger partial charge in [0.25, 0.3) is 0 Å². The van der Waals surface area contributed by atoms with Crippen LogP contribution in [0.5, 0.6) is 0 Å². The highest BCUT2D eigenvalue weighted by Crippen LogP contribution is 2.19. The Kier molecular flexibility index (Phi) is 11.0. The predicted molar refractivity (Wildman–Crippen MR) is 168 cm³/mol. The molecule has 4 atom stereocenters. The van der Waals surface area contributed by atoms with Crippen LogP contribution in [0.15, 0.2) is 91.1 Å². The fourth-order valence-electron chi connectivity index (χ4n) is 4.76. The van der Waals surface area contributed by atoms with Gasteiger partial charge in [0.15, 0.2) is 0 Å². The molecule has 10 nitrogen and oxygen atoms in total. The van der Waals surface area contributed by atoms with E-state index in [2.05, 4.69) is 33.6 Å². The average molecular weight is 602 g/mol. The Balaban J connectivity index is 1.58. The number of nitrogens with one attached hydrogen (secondary N) is 4. The standard InChI is InChI=1S/C32H35N5O5S/c33-24(15-20-9-3-1-4-10-20)29(38)35-27(17-22-18-34-25-14-8-7-13-23(22)25)31(40)36-26(16-21-11-5-2-6-12-21)30(39)37-28(19-43)32(41)42/h1-14,18,24,26-28,34,43H,15-17,19,33H2,(H,35,38)(H,36,40)(H,37,39)(H,41,42). The number of aromatic nitrogens is 1. The molecular formula is C32H35N5O5S. The van der Waals surface area contributed by atoms with Gasteiger partial charge < -0.3 is 31.8 Å². The van der Waals surface area contributed by atoms with Gasteiger partial charge in [-0.1, -0.05) is 78.9 Å². The molecular weight excluding hydrogens is 566 g/mol. The molecule has 43 heavy (non-hydrogen) atoms. The second-order valence-electron chi connectivity index (χ2n) is 10.3. The third-order valence-corrected chi connectivity index (χ3v) is 7.45. The summed E-state index contributed by atoms with van der Waals surface area (Å²) in [7, 11) is 0. The first kappa shape index (κ1) is 31.3. The third kappa shape index (κ3) is 8.69. The largest absolute Gasteiger partial charge is 0.480 e. The number of nitrogens with two attached hydrogens (primary N) is 1. The maximum atomic E-state index is 13.8. The summed E-state index contributed by atoms with van der Waals surface area (Å²) >= 11 is 4.03. The Bertz CT molecular complexity index is 1550. The van der Waals surface area contributed by atoms with Crippen LogP contribution >= 0.6 is 12.6 Å². The van der Waals surface area contributed by atoms with Gasteiger partial charge in [-0.2, -0.15) is 12.6 Å². The number of hydrogen-bond acceptors (Lipinski definition) is 6. The summed E-state index contributed by atoms with van der Waals surface area (Å²) in [6, 6.07) is 21.5. The molecule has 1 aromatic heterocycles. The highest BCUT2D eigenvalue weighted by atomic mass is 32.1. The summed E-state index contributed by atoms with van der Waals surface area (Å²) in [5.41, 5.74) is 9.52. The topological polar surface area (TPSA) is 166 Å². The molecule has 0 saturated heterocycles. The number of aliphatic carboxylic acids is 1. The van der Waals surface area contributed by atoms with E-state index in [1.807, 2.05) is 60.7 Å². The van der Waals surface area contributed by atoms with Crippen LogP contribution in [-0.2, 0) is 38.4 Å². The monoisotopic (exact) mass is 601 g/mol. The molecule has 11 heteroatoms. The van der Waals surface area contributed by atoms with E-state index in [0.717, 1.165) is 27.6 Å². The summed E-state index contributed by atoms with van der Waals surface area (Å²) in [5, 5.41) is 18.3. The van der Waals surface area contributed by atoms with Crippen molar-refractivity contribution >= 4 is 47.2 Å². The lowest BCUT2D eigenvalue weighted by Crippen LogP contribution is -2.58. The van der Waals surface area contributed by atoms with Crippen LogP contribution in [0.4, 0.5) is 0 Å². The molecule has 4 unspecified atom stereocenters. The third-order valence-electron chi connectivity index (χ3n) is 7.08. The van der Waals surface area contributed by atoms with Gasteiger partial charge in [0.05, 0.1) is 6.04 Å². The number of hydrogen-bond donors (Lipinski definition) is 7. The van der Waals surface area contributed by atoms with Crippen LogP contribution in [0, 0.1) is 0 Å². The lowest BCUT2D eigenvalue weighted by atomic mass is 10.0. The second-order valence-corrected chi connectivity index (χ2v) is 10.6. The summed E-state index contributed by atoms with van der Waals surface area (Å²) in [6.45, 7) is 0. The zero-order chi connectivity index (χ0) is 30.8. The zero-order valence-electron chi connectivity index (χ0n) is 23.4. The molecule has 4 aromatic rings. The average Bonchev–Trinajstić information content (AvgIpc) is 3.42. The first-order valence-corrected chi connectivity index (χ1v) is 14.5. The van der Waals surface area contributed by atoms with E-state index in [1.165, 1.54) is 0 Å². The van der Waals surface area contributed by atoms with E-state index in [0.29, 0.717) is 0 Å². The lowest BCUT2D eigenvalue weighted by molar-refractivity contribution is -0.141. The second kappa shape index (κ2) is 15.0. The highest BCUT2D eigenvalue weighted by molar-refractivity contribution is 7.80. The normalized spacial score (nSPS) is 13.8. The number of thiol groups is 1. The van der Waals surface area contributed by atoms with Crippen molar-refractivity contribution in [2.75, 3.05) is 5.75 Å². The van der Waals surface area contributed by atoms with Crippen molar-refractivity contribution in [2.45, 2.75) is 43.4 Å². The summed E-state index contributed by atoms with van der Waals surface area (Å²) < 4.78 is 0. The van der Waals surface area contributed by atoms with Crippen molar-refractivity contribution in [3.05, 3.63) is 108 Å². The van der Waals surface area contributed by atoms with Gasteiger partial charge >= 0.3 is 5.97 Å². The smallest absolute Gasteiger partial charge is 0.327 e. The number of amides is 3. The molecule has 0 aliphatic heterocycles. The minimum absolute atomic E-state index is 0.0958. The maximum Gasteiger partial charge on any atom is 0.327 e. The van der Waals surface area contributed by atoms with Crippen molar-refractivity contribution in [3.8, 4) is 0 Å². The minimum atomic E-state index is -1.25. The first-order chi connectivity index (χ1) is 20.7. The first-order valence-electron chi connectivity index (χ1n) is 13.9. The lowest BCUT2D eigenvalue weighted by Gasteiger charge is -2.25. The Morgan fingerprint density at radius 3 is 1.81 bits per heavy atom. The summed E-state index contributed by atoms with van der Waals surface area (Å²) in [4.78, 5) is 55.1. The molecule has 0 spiro atoms. The van der Waals surface area contributed by atoms with E-state index in [9.17, 15) is 24.3 Å². The zero-order valence-corrected chi connectivity index (χ0v) is 24.3. The fraction of sp³-hybridized carbons (Fsp3) is 0.250. The van der Waals surface area contributed by atoms with Crippen LogP contribution in [0.3, 0.4) is 0 Å². The predicted octanol–water partition coefficient (Wildman–Crippen LogP) is 1.99. The Labute approximate surface area is 254 Å². The van der Waals surface area contributed by atoms with Gasteiger partial charge in [0.1, 0.15) is 18.1 Å². The Morgan fingerprint density at radius 2 is 1.21 bits per heavy atom. The quantitative estimate of drug-likeness (QED) is 0.109. The number of rotatable bonds is 14. The molecule has 0 fully saturated rings. The van der Waals surface area contributed by atoms with Gasteiger partial charge in [0.2, 0.25) is 17.7 Å². The van der Waals surface area contributed by atoms with E-state index in [1.54, 1.807) is 30.5 Å². The fourth-order valence-corrected chi connectivity index (χ4v) is 5.01. The molecule has 3 aromatic carbocycles. The molecule has 0 radical (unpaired) electrons. The highest BCUT2D eigenvalue weighted by Gasteiger charge is 2.31. The van der Waals surface area contributed by atoms with Gasteiger partial charge in [0, 0.05) is 35.7 Å². The maximum absolute atomic E-state index is 13.8. The molecule has 1 heterocycles. The number of carbonyl (C=O) groups excluding carboxylic acids is 3. The number of carboxylic acids is 1. The Hall–Kier alpha value is -4.61. The molecule has 3 amide bonds. The van der Waals surface area contributed by atoms with Crippen molar-refractivity contribution in [2.24, 2.45) is 5.73 Å². The van der Waals surface area contributed by atoms with Crippen LogP contribution in [0.2, 0.25) is 0 Å². The Morgan fingerprint density at radius 1 is 0.698 bits per heavy atom. The van der Waals surface area contributed by atoms with E-state index < -0.39 is 47.9 Å². The number of carboxylic acid groups (broad SMARTS) is 1. The number of H-pyrrole nitrogens is 1. The molecule has 224 valence electrons. The molecule has 7 N–H and O–H groups in total. The number of para-hydroxylation sites is 1. The molecule has 4 rings (SSSR count). The van der Waals surface area contributed by atoms with Crippen molar-refractivity contribution in [1.82, 2.24) is 20.9 Å². The molecule has 0 saturated carbocycles. The van der Waals surface area contributed by atoms with Crippen LogP contribution in [0.1, 0.15) is 16.7 Å². The van der Waals surface area contributed by atoms with Gasteiger partial charge in [-0.05, 0) is 29.2 Å². The van der Waals surface area contributed by atoms with Gasteiger partial charge in [-0.3, -0.25) is 14.4 Å². The number of aromatic amines is 1. The van der Waals surface area contributed by atoms with Crippen molar-refractivity contribution < 1.29 is 24.3 Å². The van der Waals surface area contributed by atoms with Gasteiger partial charge in [-0.25, -0.2) is 4.79 Å². The van der Waals surface area contributed by atoms with E-state index in [4.69, 9.17) is 5.73 Å². The molecule has 0 bridgehead atoms. The summed E-state index contributed by atoms with van der Waals surface area (Å²) in [6.07, 6.45) is 2.26. The minimum Gasteiger partial charge on any atom is -0.480 e. The molecule has 0 aliphatic carbocycles. The van der Waals surface area contributed by atoms with Crippen molar-refractivity contribution in [3.63, 3.8) is 0 Å². The summed E-state index contributed by atoms with van der Waals surface area (Å²) in [5.74, 6) is -3.19. The number of benzene rings is 3. The number of fused-ring (bicyclic) bond motifs is 1. The number of carbonyl (C=O) groups is 4. The molecule has 0 aliphatic rings. The van der Waals surface area contributed by atoms with E-state index >= 15 is 0 Å². The van der Waals surface area contributed by atoms with Crippen LogP contribution < -0.4 is 21.7 Å². The van der Waals surface area contributed by atoms with Crippen molar-refractivity contribution in [1.29, 1.82) is 0 Å². The van der Waals surface area contributed by atoms with Crippen LogP contribution in [-0.4, -0.2) is 63.7 Å². The SMILES string of the molecule is NC(Cc1ccccc1)C(=O)NC(Cc1c[nH]c2ccccc12)C(=O)NC(Cc1ccccc1)C(=O)NC(CS)C(=O)O. The van der Waals surface area contributed by atoms with Gasteiger partial charge in [-0.15, -0.1) is 0 Å². The van der Waals surface area contributed by atoms with E-state index in [-0.39, 0.29) is 25.0 Å². The van der Waals surface area contributed by atoms with Crippen LogP contribution in [0.25, 0.3) is 10.9 Å².